The first-order valence-electron chi connectivity index (χ1n) is 10.1. The van der Waals surface area contributed by atoms with Crippen LogP contribution in [0.3, 0.4) is 0 Å². The van der Waals surface area contributed by atoms with Crippen LogP contribution < -0.4 is 5.56 Å². The lowest BCUT2D eigenvalue weighted by molar-refractivity contribution is 0.0733. The Kier molecular flexibility index (Phi) is 6.95. The molecule has 1 aromatic heterocycles. The second kappa shape index (κ2) is 9.47. The molecule has 31 heavy (non-hydrogen) atoms. The second-order valence-corrected chi connectivity index (χ2v) is 8.90. The Balaban J connectivity index is 1.75. The Bertz CT molecular complexity index is 1140. The number of hydrogen-bond acceptors (Lipinski definition) is 4. The molecular weight excluding hydrogens is 413 g/mol. The SMILES string of the molecule is CC(C)c1ccc(Sc2ccc([C@@H](C)N(C)C(=O)c3ccc(=O)n(C)n3)cc2F)cc1. The van der Waals surface area contributed by atoms with E-state index in [1.54, 1.807) is 13.1 Å². The summed E-state index contributed by atoms with van der Waals surface area (Å²) in [5.74, 6) is -0.220. The number of aromatic nitrogens is 2. The molecule has 162 valence electrons. The summed E-state index contributed by atoms with van der Waals surface area (Å²) in [6, 6.07) is 15.5. The van der Waals surface area contributed by atoms with E-state index in [2.05, 4.69) is 31.1 Å². The van der Waals surface area contributed by atoms with Gasteiger partial charge in [0, 0.05) is 30.0 Å². The van der Waals surface area contributed by atoms with E-state index in [0.29, 0.717) is 16.4 Å². The van der Waals surface area contributed by atoms with Gasteiger partial charge in [0.25, 0.3) is 11.5 Å². The van der Waals surface area contributed by atoms with Crippen LogP contribution in [0, 0.1) is 5.82 Å². The Morgan fingerprint density at radius 3 is 2.26 bits per heavy atom. The van der Waals surface area contributed by atoms with Gasteiger partial charge in [-0.05, 0) is 54.3 Å². The molecule has 0 aliphatic carbocycles. The lowest BCUT2D eigenvalue weighted by Gasteiger charge is -2.25. The van der Waals surface area contributed by atoms with E-state index in [4.69, 9.17) is 0 Å². The van der Waals surface area contributed by atoms with Crippen molar-refractivity contribution in [2.45, 2.75) is 42.5 Å². The summed E-state index contributed by atoms with van der Waals surface area (Å²) in [5, 5.41) is 4.00. The molecule has 1 atom stereocenters. The van der Waals surface area contributed by atoms with Gasteiger partial charge in [0.05, 0.1) is 6.04 Å². The predicted molar refractivity (Wildman–Crippen MR) is 121 cm³/mol. The van der Waals surface area contributed by atoms with Gasteiger partial charge < -0.3 is 4.90 Å². The first kappa shape index (κ1) is 22.7. The van der Waals surface area contributed by atoms with Gasteiger partial charge in [0.1, 0.15) is 11.5 Å². The van der Waals surface area contributed by atoms with E-state index in [1.807, 2.05) is 25.1 Å². The summed E-state index contributed by atoms with van der Waals surface area (Å²) in [6.07, 6.45) is 0. The molecule has 0 aliphatic heterocycles. The van der Waals surface area contributed by atoms with Gasteiger partial charge in [-0.2, -0.15) is 5.10 Å². The highest BCUT2D eigenvalue weighted by Gasteiger charge is 2.21. The second-order valence-electron chi connectivity index (χ2n) is 7.79. The maximum atomic E-state index is 14.8. The summed E-state index contributed by atoms with van der Waals surface area (Å²) in [5.41, 5.74) is 1.79. The fourth-order valence-electron chi connectivity index (χ4n) is 3.10. The largest absolute Gasteiger partial charge is 0.334 e. The average Bonchev–Trinajstić information content (AvgIpc) is 2.75. The zero-order valence-corrected chi connectivity index (χ0v) is 19.1. The number of carbonyl (C=O) groups is 1. The molecule has 1 amide bonds. The van der Waals surface area contributed by atoms with Crippen molar-refractivity contribution in [2.24, 2.45) is 7.05 Å². The van der Waals surface area contributed by atoms with E-state index >= 15 is 0 Å². The number of amides is 1. The molecule has 0 N–H and O–H groups in total. The van der Waals surface area contributed by atoms with Gasteiger partial charge in [-0.25, -0.2) is 9.07 Å². The van der Waals surface area contributed by atoms with E-state index in [1.165, 1.54) is 47.5 Å². The zero-order valence-electron chi connectivity index (χ0n) is 18.3. The third-order valence-electron chi connectivity index (χ3n) is 5.29. The monoisotopic (exact) mass is 439 g/mol. The number of aryl methyl sites for hydroxylation is 1. The highest BCUT2D eigenvalue weighted by atomic mass is 32.2. The minimum Gasteiger partial charge on any atom is -0.334 e. The lowest BCUT2D eigenvalue weighted by Crippen LogP contribution is -2.32. The van der Waals surface area contributed by atoms with E-state index in [0.717, 1.165) is 9.58 Å². The smallest absolute Gasteiger partial charge is 0.274 e. The van der Waals surface area contributed by atoms with Crippen molar-refractivity contribution < 1.29 is 9.18 Å². The highest BCUT2D eigenvalue weighted by Crippen LogP contribution is 2.33. The van der Waals surface area contributed by atoms with Gasteiger partial charge in [0.15, 0.2) is 0 Å². The molecule has 2 aromatic carbocycles. The van der Waals surface area contributed by atoms with Crippen LogP contribution in [0.15, 0.2) is 69.2 Å². The fourth-order valence-corrected chi connectivity index (χ4v) is 3.92. The Hall–Kier alpha value is -2.93. The van der Waals surface area contributed by atoms with Crippen molar-refractivity contribution in [3.8, 4) is 0 Å². The molecule has 0 radical (unpaired) electrons. The summed E-state index contributed by atoms with van der Waals surface area (Å²) in [6.45, 7) is 6.10. The van der Waals surface area contributed by atoms with Crippen LogP contribution in [0.2, 0.25) is 0 Å². The molecule has 3 aromatic rings. The molecule has 5 nitrogen and oxygen atoms in total. The van der Waals surface area contributed by atoms with Gasteiger partial charge in [0.2, 0.25) is 0 Å². The maximum Gasteiger partial charge on any atom is 0.274 e. The van der Waals surface area contributed by atoms with E-state index in [9.17, 15) is 14.0 Å². The number of rotatable bonds is 6. The third kappa shape index (κ3) is 5.22. The molecule has 0 fully saturated rings. The minimum atomic E-state index is -0.370. The molecule has 1 heterocycles. The van der Waals surface area contributed by atoms with Crippen molar-refractivity contribution in [3.05, 3.63) is 87.6 Å². The van der Waals surface area contributed by atoms with Crippen LogP contribution in [0.1, 0.15) is 54.3 Å². The summed E-state index contributed by atoms with van der Waals surface area (Å²) in [4.78, 5) is 27.2. The normalized spacial score (nSPS) is 12.1. The predicted octanol–water partition coefficient (Wildman–Crippen LogP) is 5.03. The van der Waals surface area contributed by atoms with Gasteiger partial charge >= 0.3 is 0 Å². The Labute approximate surface area is 185 Å². The van der Waals surface area contributed by atoms with Crippen molar-refractivity contribution in [3.63, 3.8) is 0 Å². The Morgan fingerprint density at radius 2 is 1.68 bits per heavy atom. The molecule has 0 saturated heterocycles. The average molecular weight is 440 g/mol. The van der Waals surface area contributed by atoms with Crippen LogP contribution in [-0.2, 0) is 7.05 Å². The lowest BCUT2D eigenvalue weighted by atomic mass is 10.0. The summed E-state index contributed by atoms with van der Waals surface area (Å²) >= 11 is 1.37. The zero-order chi connectivity index (χ0) is 22.7. The van der Waals surface area contributed by atoms with Gasteiger partial charge in [-0.3, -0.25) is 9.59 Å². The first-order chi connectivity index (χ1) is 14.7. The first-order valence-corrected chi connectivity index (χ1v) is 10.9. The topological polar surface area (TPSA) is 55.2 Å². The fraction of sp³-hybridized carbons (Fsp3) is 0.292. The highest BCUT2D eigenvalue weighted by molar-refractivity contribution is 7.99. The summed E-state index contributed by atoms with van der Waals surface area (Å²) in [7, 11) is 3.13. The standard InChI is InChI=1S/C24H26FN3O2S/c1-15(2)17-6-9-19(10-7-17)31-22-12-8-18(14-20(22)25)16(3)27(4)24(30)21-11-13-23(29)28(5)26-21/h6-16H,1-5H3/t16-/m1/s1. The van der Waals surface area contributed by atoms with Crippen molar-refractivity contribution in [1.82, 2.24) is 14.7 Å². The molecule has 0 saturated carbocycles. The van der Waals surface area contributed by atoms with Crippen molar-refractivity contribution in [2.75, 3.05) is 7.05 Å². The van der Waals surface area contributed by atoms with Gasteiger partial charge in [-0.1, -0.05) is 43.8 Å². The van der Waals surface area contributed by atoms with E-state index in [-0.39, 0.29) is 29.0 Å². The number of hydrogen-bond donors (Lipinski definition) is 0. The molecule has 3 rings (SSSR count). The molecule has 0 bridgehead atoms. The third-order valence-corrected chi connectivity index (χ3v) is 6.35. The molecule has 0 unspecified atom stereocenters. The van der Waals surface area contributed by atoms with Gasteiger partial charge in [-0.15, -0.1) is 0 Å². The molecule has 7 heteroatoms. The van der Waals surface area contributed by atoms with Crippen LogP contribution >= 0.6 is 11.8 Å². The Morgan fingerprint density at radius 1 is 1.03 bits per heavy atom. The van der Waals surface area contributed by atoms with Crippen LogP contribution in [0.5, 0.6) is 0 Å². The van der Waals surface area contributed by atoms with Crippen LogP contribution in [0.4, 0.5) is 4.39 Å². The number of nitrogens with zero attached hydrogens (tertiary/aromatic N) is 3. The van der Waals surface area contributed by atoms with Crippen molar-refractivity contribution >= 4 is 17.7 Å². The number of halogens is 1. The number of benzene rings is 2. The van der Waals surface area contributed by atoms with E-state index < -0.39 is 0 Å². The van der Waals surface area contributed by atoms with Crippen LogP contribution in [0.25, 0.3) is 0 Å². The molecule has 0 aliphatic rings. The number of carbonyl (C=O) groups excluding carboxylic acids is 1. The maximum absolute atomic E-state index is 14.8. The van der Waals surface area contributed by atoms with Crippen LogP contribution in [-0.4, -0.2) is 27.6 Å². The quantitative estimate of drug-likeness (QED) is 0.541. The summed E-state index contributed by atoms with van der Waals surface area (Å²) < 4.78 is 15.9. The molecular formula is C24H26FN3O2S. The molecule has 0 spiro atoms. The minimum absolute atomic E-state index is 0.161. The van der Waals surface area contributed by atoms with Crippen molar-refractivity contribution in [1.29, 1.82) is 0 Å².